The van der Waals surface area contributed by atoms with E-state index in [4.69, 9.17) is 4.74 Å². The molecule has 0 radical (unpaired) electrons. The Morgan fingerprint density at radius 1 is 1.15 bits per heavy atom. The minimum Gasteiger partial charge on any atom is -0.491 e. The van der Waals surface area contributed by atoms with Gasteiger partial charge >= 0.3 is 0 Å². The van der Waals surface area contributed by atoms with E-state index >= 15 is 0 Å². The number of hydrogen-bond donors (Lipinski definition) is 0. The smallest absolute Gasteiger partial charge is 0.273 e. The zero-order valence-corrected chi connectivity index (χ0v) is 13.2. The third-order valence-corrected chi connectivity index (χ3v) is 5.84. The molecule has 20 heavy (non-hydrogen) atoms. The van der Waals surface area contributed by atoms with Crippen LogP contribution in [0, 0.1) is 0 Å². The van der Waals surface area contributed by atoms with E-state index in [0.717, 1.165) is 5.75 Å². The van der Waals surface area contributed by atoms with Crippen molar-refractivity contribution in [3.63, 3.8) is 0 Å². The van der Waals surface area contributed by atoms with Gasteiger partial charge in [-0.25, -0.2) is 8.42 Å². The molecule has 0 saturated heterocycles. The average molecular weight is 311 g/mol. The second-order valence-electron chi connectivity index (χ2n) is 4.57. The van der Waals surface area contributed by atoms with Crippen molar-refractivity contribution in [1.82, 2.24) is 0 Å². The number of thiophene rings is 1. The topological polar surface area (TPSA) is 46.6 Å². The fourth-order valence-electron chi connectivity index (χ4n) is 1.69. The fourth-order valence-corrected chi connectivity index (χ4v) is 4.05. The Morgan fingerprint density at radius 2 is 1.80 bits per heavy atom. The monoisotopic (exact) mass is 311 g/mol. The van der Waals surface area contributed by atoms with E-state index in [1.807, 2.05) is 13.8 Å². The maximum atomic E-state index is 12.4. The van der Waals surface area contributed by atoms with Gasteiger partial charge in [-0.2, -0.15) is 0 Å². The van der Waals surface area contributed by atoms with Crippen LogP contribution in [0.2, 0.25) is 0 Å². The first kappa shape index (κ1) is 14.9. The van der Waals surface area contributed by atoms with Gasteiger partial charge < -0.3 is 4.74 Å². The Bertz CT molecular complexity index is 646. The van der Waals surface area contributed by atoms with Gasteiger partial charge in [-0.15, -0.1) is 11.3 Å². The Kier molecular flexibility index (Phi) is 4.35. The predicted molar refractivity (Wildman–Crippen MR) is 82.1 cm³/mol. The first-order valence-corrected chi connectivity index (χ1v) is 8.52. The lowest BCUT2D eigenvalue weighted by molar-refractivity contribution is 0.242. The van der Waals surface area contributed by atoms with E-state index in [-0.39, 0.29) is 6.10 Å². The molecule has 0 aliphatic carbocycles. The lowest BCUT2D eigenvalue weighted by atomic mass is 10.3. The van der Waals surface area contributed by atoms with Gasteiger partial charge in [-0.05, 0) is 49.6 Å². The van der Waals surface area contributed by atoms with Gasteiger partial charge in [0.25, 0.3) is 10.0 Å². The van der Waals surface area contributed by atoms with E-state index in [9.17, 15) is 8.42 Å². The predicted octanol–water partition coefficient (Wildman–Crippen LogP) is 3.36. The van der Waals surface area contributed by atoms with E-state index < -0.39 is 10.0 Å². The highest BCUT2D eigenvalue weighted by Gasteiger charge is 2.22. The number of ether oxygens (including phenoxy) is 1. The van der Waals surface area contributed by atoms with Gasteiger partial charge in [-0.1, -0.05) is 6.07 Å². The third kappa shape index (κ3) is 3.13. The summed E-state index contributed by atoms with van der Waals surface area (Å²) in [6.45, 7) is 3.89. The summed E-state index contributed by atoms with van der Waals surface area (Å²) >= 11 is 1.21. The van der Waals surface area contributed by atoms with Crippen molar-refractivity contribution in [3.05, 3.63) is 41.8 Å². The van der Waals surface area contributed by atoms with E-state index in [1.54, 1.807) is 48.8 Å². The molecule has 0 amide bonds. The van der Waals surface area contributed by atoms with Crippen molar-refractivity contribution < 1.29 is 13.2 Å². The van der Waals surface area contributed by atoms with Crippen molar-refractivity contribution in [2.45, 2.75) is 24.2 Å². The number of rotatable bonds is 5. The summed E-state index contributed by atoms with van der Waals surface area (Å²) in [5.41, 5.74) is 0.606. The summed E-state index contributed by atoms with van der Waals surface area (Å²) in [5.74, 6) is 0.727. The van der Waals surface area contributed by atoms with Gasteiger partial charge in [-0.3, -0.25) is 4.31 Å². The van der Waals surface area contributed by atoms with Crippen LogP contribution in [0.4, 0.5) is 5.69 Å². The van der Waals surface area contributed by atoms with Crippen LogP contribution in [0.25, 0.3) is 0 Å². The van der Waals surface area contributed by atoms with E-state index in [2.05, 4.69) is 0 Å². The third-order valence-electron chi connectivity index (χ3n) is 2.68. The molecule has 1 aromatic carbocycles. The molecule has 4 nitrogen and oxygen atoms in total. The minimum atomic E-state index is -3.47. The van der Waals surface area contributed by atoms with Crippen LogP contribution >= 0.6 is 11.3 Å². The highest BCUT2D eigenvalue weighted by molar-refractivity contribution is 7.94. The van der Waals surface area contributed by atoms with Crippen LogP contribution in [0.5, 0.6) is 5.75 Å². The van der Waals surface area contributed by atoms with Gasteiger partial charge in [0.1, 0.15) is 9.96 Å². The zero-order chi connectivity index (χ0) is 14.8. The zero-order valence-electron chi connectivity index (χ0n) is 11.6. The Morgan fingerprint density at radius 3 is 2.30 bits per heavy atom. The molecular weight excluding hydrogens is 294 g/mol. The van der Waals surface area contributed by atoms with E-state index in [1.165, 1.54) is 15.6 Å². The molecule has 0 aliphatic heterocycles. The molecule has 0 spiro atoms. The highest BCUT2D eigenvalue weighted by Crippen LogP contribution is 2.26. The second kappa shape index (κ2) is 5.85. The SMILES string of the molecule is CC(C)Oc1ccc(N(C)S(=O)(=O)c2cccs2)cc1. The lowest BCUT2D eigenvalue weighted by Crippen LogP contribution is -2.25. The molecule has 6 heteroatoms. The molecule has 1 aromatic heterocycles. The van der Waals surface area contributed by atoms with Crippen LogP contribution in [-0.4, -0.2) is 21.6 Å². The van der Waals surface area contributed by atoms with E-state index in [0.29, 0.717) is 9.90 Å². The van der Waals surface area contributed by atoms with Crippen molar-refractivity contribution in [3.8, 4) is 5.75 Å². The van der Waals surface area contributed by atoms with Crippen molar-refractivity contribution in [2.75, 3.05) is 11.4 Å². The number of sulfonamides is 1. The molecule has 108 valence electrons. The van der Waals surface area contributed by atoms with Gasteiger partial charge in [0.05, 0.1) is 11.8 Å². The molecule has 0 saturated carbocycles. The van der Waals surface area contributed by atoms with Crippen molar-refractivity contribution >= 4 is 27.0 Å². The quantitative estimate of drug-likeness (QED) is 0.850. The Hall–Kier alpha value is -1.53. The fraction of sp³-hybridized carbons (Fsp3) is 0.286. The summed E-state index contributed by atoms with van der Waals surface area (Å²) in [7, 11) is -1.92. The average Bonchev–Trinajstić information content (AvgIpc) is 2.92. The molecule has 2 aromatic rings. The summed E-state index contributed by atoms with van der Waals surface area (Å²) in [6, 6.07) is 10.4. The molecule has 0 aliphatic rings. The van der Waals surface area contributed by atoms with Crippen LogP contribution in [-0.2, 0) is 10.0 Å². The summed E-state index contributed by atoms with van der Waals surface area (Å²) in [5, 5.41) is 1.75. The van der Waals surface area contributed by atoms with Crippen molar-refractivity contribution in [1.29, 1.82) is 0 Å². The molecule has 0 fully saturated rings. The van der Waals surface area contributed by atoms with Gasteiger partial charge in [0, 0.05) is 7.05 Å². The normalized spacial score (nSPS) is 11.6. The largest absolute Gasteiger partial charge is 0.491 e. The molecule has 2 rings (SSSR count). The van der Waals surface area contributed by atoms with Crippen LogP contribution in [0.3, 0.4) is 0 Å². The van der Waals surface area contributed by atoms with Crippen molar-refractivity contribution in [2.24, 2.45) is 0 Å². The first-order valence-electron chi connectivity index (χ1n) is 6.20. The minimum absolute atomic E-state index is 0.0911. The number of hydrogen-bond acceptors (Lipinski definition) is 4. The molecule has 1 heterocycles. The maximum absolute atomic E-state index is 12.4. The van der Waals surface area contributed by atoms with Crippen LogP contribution in [0.15, 0.2) is 46.0 Å². The molecule has 0 bridgehead atoms. The Balaban J connectivity index is 2.23. The summed E-state index contributed by atoms with van der Waals surface area (Å²) < 4.78 is 31.9. The first-order chi connectivity index (χ1) is 9.41. The number of anilines is 1. The van der Waals surface area contributed by atoms with Crippen LogP contribution in [0.1, 0.15) is 13.8 Å². The molecule has 0 unspecified atom stereocenters. The van der Waals surface area contributed by atoms with Gasteiger partial charge in [0.2, 0.25) is 0 Å². The molecule has 0 atom stereocenters. The van der Waals surface area contributed by atoms with Crippen LogP contribution < -0.4 is 9.04 Å². The highest BCUT2D eigenvalue weighted by atomic mass is 32.2. The maximum Gasteiger partial charge on any atom is 0.273 e. The Labute approximate surface area is 123 Å². The second-order valence-corrected chi connectivity index (χ2v) is 7.71. The van der Waals surface area contributed by atoms with Gasteiger partial charge in [0.15, 0.2) is 0 Å². The standard InChI is InChI=1S/C14H17NO3S2/c1-11(2)18-13-8-6-12(7-9-13)15(3)20(16,17)14-5-4-10-19-14/h4-11H,1-3H3. The lowest BCUT2D eigenvalue weighted by Gasteiger charge is -2.19. The number of nitrogens with zero attached hydrogens (tertiary/aromatic N) is 1. The number of benzene rings is 1. The summed E-state index contributed by atoms with van der Waals surface area (Å²) in [6.07, 6.45) is 0.0911. The molecule has 0 N–H and O–H groups in total. The summed E-state index contributed by atoms with van der Waals surface area (Å²) in [4.78, 5) is 0. The molecular formula is C14H17NO3S2.